The van der Waals surface area contributed by atoms with Crippen LogP contribution >= 0.6 is 0 Å². The second-order valence-corrected chi connectivity index (χ2v) is 6.94. The Morgan fingerprint density at radius 2 is 1.88 bits per heavy atom. The van der Waals surface area contributed by atoms with Gasteiger partial charge < -0.3 is 4.74 Å². The normalized spacial score (nSPS) is 24.0. The zero-order valence-electron chi connectivity index (χ0n) is 15.1. The van der Waals surface area contributed by atoms with E-state index in [9.17, 15) is 4.79 Å². The van der Waals surface area contributed by atoms with E-state index in [4.69, 9.17) is 4.74 Å². The summed E-state index contributed by atoms with van der Waals surface area (Å²) >= 11 is 0. The van der Waals surface area contributed by atoms with Gasteiger partial charge in [0.15, 0.2) is 0 Å². The third-order valence-corrected chi connectivity index (χ3v) is 5.14. The highest BCUT2D eigenvalue weighted by molar-refractivity contribution is 5.38. The van der Waals surface area contributed by atoms with E-state index in [0.717, 1.165) is 5.69 Å². The van der Waals surface area contributed by atoms with Crippen molar-refractivity contribution in [2.75, 3.05) is 6.61 Å². The molecule has 0 aliphatic carbocycles. The number of nitrogens with zero attached hydrogens (tertiary/aromatic N) is 3. The maximum absolute atomic E-state index is 12.4. The molecule has 3 aromatic rings. The second-order valence-electron chi connectivity index (χ2n) is 6.94. The summed E-state index contributed by atoms with van der Waals surface area (Å²) in [6, 6.07) is 18.0. The van der Waals surface area contributed by atoms with Gasteiger partial charge in [0.05, 0.1) is 18.4 Å². The highest BCUT2D eigenvalue weighted by atomic mass is 16.5. The standard InChI is InChI=1S/C21H23N3O2/c1-15-14-26-21(17-8-4-3-5-9-17)16(2)24(15)13-18-12-20(25)23-11-7-6-10-19(23)22-18/h3-12,15-16,21H,13-14H2,1-2H3. The molecule has 1 aliphatic heterocycles. The fraction of sp³-hybridized carbons (Fsp3) is 0.333. The zero-order chi connectivity index (χ0) is 18.1. The summed E-state index contributed by atoms with van der Waals surface area (Å²) in [7, 11) is 0. The molecule has 1 fully saturated rings. The third-order valence-electron chi connectivity index (χ3n) is 5.14. The molecule has 26 heavy (non-hydrogen) atoms. The largest absolute Gasteiger partial charge is 0.370 e. The van der Waals surface area contributed by atoms with Gasteiger partial charge in [-0.05, 0) is 31.5 Å². The molecule has 3 heterocycles. The van der Waals surface area contributed by atoms with Gasteiger partial charge in [-0.25, -0.2) is 4.98 Å². The Balaban J connectivity index is 1.63. The molecule has 5 heteroatoms. The van der Waals surface area contributed by atoms with Crippen LogP contribution in [0.5, 0.6) is 0 Å². The average molecular weight is 349 g/mol. The number of pyridine rings is 1. The minimum Gasteiger partial charge on any atom is -0.370 e. The molecular formula is C21H23N3O2. The molecule has 0 radical (unpaired) electrons. The van der Waals surface area contributed by atoms with Gasteiger partial charge in [0.1, 0.15) is 5.65 Å². The van der Waals surface area contributed by atoms with E-state index in [0.29, 0.717) is 18.8 Å². The first-order valence-corrected chi connectivity index (χ1v) is 9.03. The van der Waals surface area contributed by atoms with Crippen LogP contribution < -0.4 is 5.56 Å². The lowest BCUT2D eigenvalue weighted by Crippen LogP contribution is -2.50. The Bertz CT molecular complexity index is 954. The van der Waals surface area contributed by atoms with Crippen LogP contribution in [0.1, 0.15) is 31.2 Å². The molecule has 0 bridgehead atoms. The van der Waals surface area contributed by atoms with E-state index < -0.39 is 0 Å². The fourth-order valence-corrected chi connectivity index (χ4v) is 3.74. The van der Waals surface area contributed by atoms with Crippen molar-refractivity contribution in [2.45, 2.75) is 38.6 Å². The lowest BCUT2D eigenvalue weighted by atomic mass is 9.98. The summed E-state index contributed by atoms with van der Waals surface area (Å²) in [5.41, 5.74) is 2.62. The number of benzene rings is 1. The number of ether oxygens (including phenoxy) is 1. The van der Waals surface area contributed by atoms with E-state index in [-0.39, 0.29) is 23.7 Å². The first-order chi connectivity index (χ1) is 12.6. The third kappa shape index (κ3) is 3.16. The predicted molar refractivity (Wildman–Crippen MR) is 101 cm³/mol. The van der Waals surface area contributed by atoms with Crippen molar-refractivity contribution in [3.05, 3.63) is 82.4 Å². The summed E-state index contributed by atoms with van der Waals surface area (Å²) in [5, 5.41) is 0. The van der Waals surface area contributed by atoms with E-state index in [1.165, 1.54) is 5.56 Å². The van der Waals surface area contributed by atoms with Gasteiger partial charge in [-0.1, -0.05) is 36.4 Å². The van der Waals surface area contributed by atoms with Crippen molar-refractivity contribution < 1.29 is 4.74 Å². The molecule has 1 aliphatic rings. The van der Waals surface area contributed by atoms with Crippen molar-refractivity contribution >= 4 is 5.65 Å². The summed E-state index contributed by atoms with van der Waals surface area (Å²) < 4.78 is 7.69. The summed E-state index contributed by atoms with van der Waals surface area (Å²) in [5.74, 6) is 0. The van der Waals surface area contributed by atoms with Crippen LogP contribution in [0.2, 0.25) is 0 Å². The molecule has 1 saturated heterocycles. The maximum Gasteiger partial charge on any atom is 0.258 e. The van der Waals surface area contributed by atoms with Crippen molar-refractivity contribution in [3.8, 4) is 0 Å². The number of hydrogen-bond donors (Lipinski definition) is 0. The molecule has 2 aromatic heterocycles. The monoisotopic (exact) mass is 349 g/mol. The molecule has 0 saturated carbocycles. The smallest absolute Gasteiger partial charge is 0.258 e. The van der Waals surface area contributed by atoms with Crippen molar-refractivity contribution in [2.24, 2.45) is 0 Å². The Hall–Kier alpha value is -2.50. The minimum atomic E-state index is -0.0428. The van der Waals surface area contributed by atoms with Gasteiger partial charge in [-0.2, -0.15) is 0 Å². The highest BCUT2D eigenvalue weighted by Crippen LogP contribution is 2.31. The first kappa shape index (κ1) is 16.9. The van der Waals surface area contributed by atoms with E-state index in [1.54, 1.807) is 16.7 Å². The van der Waals surface area contributed by atoms with Gasteiger partial charge in [0, 0.05) is 30.9 Å². The molecule has 4 rings (SSSR count). The number of aromatic nitrogens is 2. The van der Waals surface area contributed by atoms with E-state index in [1.807, 2.05) is 36.4 Å². The zero-order valence-corrected chi connectivity index (χ0v) is 15.1. The molecule has 5 nitrogen and oxygen atoms in total. The van der Waals surface area contributed by atoms with Crippen LogP contribution in [-0.4, -0.2) is 33.0 Å². The maximum atomic E-state index is 12.4. The van der Waals surface area contributed by atoms with Crippen LogP contribution in [0.3, 0.4) is 0 Å². The van der Waals surface area contributed by atoms with Gasteiger partial charge in [0.25, 0.3) is 5.56 Å². The molecule has 0 N–H and O–H groups in total. The van der Waals surface area contributed by atoms with Crippen LogP contribution in [-0.2, 0) is 11.3 Å². The SMILES string of the molecule is CC1COC(c2ccccc2)C(C)N1Cc1cc(=O)n2ccccc2n1. The Morgan fingerprint density at radius 3 is 2.69 bits per heavy atom. The molecule has 3 atom stereocenters. The Kier molecular flexibility index (Phi) is 4.57. The molecule has 1 aromatic carbocycles. The minimum absolute atomic E-state index is 0.0222. The molecule has 3 unspecified atom stereocenters. The molecule has 0 spiro atoms. The molecular weight excluding hydrogens is 326 g/mol. The molecule has 134 valence electrons. The quantitative estimate of drug-likeness (QED) is 0.729. The predicted octanol–water partition coefficient (Wildman–Crippen LogP) is 3.05. The van der Waals surface area contributed by atoms with Crippen LogP contribution in [0.4, 0.5) is 0 Å². The summed E-state index contributed by atoms with van der Waals surface area (Å²) in [6.45, 7) is 5.64. The van der Waals surface area contributed by atoms with E-state index >= 15 is 0 Å². The van der Waals surface area contributed by atoms with Gasteiger partial charge >= 0.3 is 0 Å². The summed E-state index contributed by atoms with van der Waals surface area (Å²) in [6.07, 6.45) is 1.77. The van der Waals surface area contributed by atoms with Gasteiger partial charge in [-0.3, -0.25) is 14.1 Å². The Morgan fingerprint density at radius 1 is 1.12 bits per heavy atom. The van der Waals surface area contributed by atoms with Crippen LogP contribution in [0, 0.1) is 0 Å². The summed E-state index contributed by atoms with van der Waals surface area (Å²) in [4.78, 5) is 19.4. The average Bonchev–Trinajstić information content (AvgIpc) is 2.66. The number of hydrogen-bond acceptors (Lipinski definition) is 4. The number of morpholine rings is 1. The van der Waals surface area contributed by atoms with Gasteiger partial charge in [0.2, 0.25) is 0 Å². The van der Waals surface area contributed by atoms with Crippen molar-refractivity contribution in [3.63, 3.8) is 0 Å². The van der Waals surface area contributed by atoms with Crippen molar-refractivity contribution in [1.82, 2.24) is 14.3 Å². The van der Waals surface area contributed by atoms with E-state index in [2.05, 4.69) is 35.9 Å². The Labute approximate surface area is 152 Å². The topological polar surface area (TPSA) is 46.8 Å². The van der Waals surface area contributed by atoms with Gasteiger partial charge in [-0.15, -0.1) is 0 Å². The van der Waals surface area contributed by atoms with Crippen molar-refractivity contribution in [1.29, 1.82) is 0 Å². The van der Waals surface area contributed by atoms with Crippen LogP contribution in [0.15, 0.2) is 65.6 Å². The number of rotatable bonds is 3. The lowest BCUT2D eigenvalue weighted by molar-refractivity contribution is -0.0996. The highest BCUT2D eigenvalue weighted by Gasteiger charge is 2.34. The lowest BCUT2D eigenvalue weighted by Gasteiger charge is -2.43. The van der Waals surface area contributed by atoms with Crippen LogP contribution in [0.25, 0.3) is 5.65 Å². The first-order valence-electron chi connectivity index (χ1n) is 9.03. The second kappa shape index (κ2) is 7.02. The molecule has 0 amide bonds. The fourth-order valence-electron chi connectivity index (χ4n) is 3.74. The number of fused-ring (bicyclic) bond motifs is 1.